The van der Waals surface area contributed by atoms with Crippen molar-refractivity contribution in [3.05, 3.63) is 28.8 Å². The second-order valence-corrected chi connectivity index (χ2v) is 6.63. The Morgan fingerprint density at radius 3 is 2.62 bits per heavy atom. The van der Waals surface area contributed by atoms with Gasteiger partial charge in [0.2, 0.25) is 0 Å². The first-order valence-corrected chi connectivity index (χ1v) is 8.45. The molecule has 3 heteroatoms. The third-order valence-corrected chi connectivity index (χ3v) is 4.73. The maximum atomic E-state index is 12.3. The third-order valence-electron chi connectivity index (χ3n) is 4.49. The molecule has 2 rings (SSSR count). The molecule has 0 amide bonds. The monoisotopic (exact) mass is 308 g/mol. The Labute approximate surface area is 132 Å². The van der Waals surface area contributed by atoms with Gasteiger partial charge in [-0.25, -0.2) is 0 Å². The Bertz CT molecular complexity index is 476. The Morgan fingerprint density at radius 2 is 2.00 bits per heavy atom. The van der Waals surface area contributed by atoms with Gasteiger partial charge in [0.05, 0.1) is 5.92 Å². The summed E-state index contributed by atoms with van der Waals surface area (Å²) in [5.41, 5.74) is 0.910. The first-order valence-electron chi connectivity index (χ1n) is 8.08. The lowest BCUT2D eigenvalue weighted by Gasteiger charge is -2.27. The van der Waals surface area contributed by atoms with E-state index in [1.165, 1.54) is 32.1 Å². The summed E-state index contributed by atoms with van der Waals surface area (Å²) in [5, 5.41) is 0.670. The summed E-state index contributed by atoms with van der Waals surface area (Å²) in [6.07, 6.45) is 8.16. The molecule has 0 unspecified atom stereocenters. The maximum Gasteiger partial charge on any atom is 0.314 e. The predicted octanol–water partition coefficient (Wildman–Crippen LogP) is 5.55. The molecule has 116 valence electrons. The number of ether oxygens (including phenoxy) is 1. The lowest BCUT2D eigenvalue weighted by atomic mass is 9.80. The highest BCUT2D eigenvalue weighted by Gasteiger charge is 2.27. The van der Waals surface area contributed by atoms with Crippen molar-refractivity contribution in [1.29, 1.82) is 0 Å². The molecule has 1 aromatic carbocycles. The van der Waals surface area contributed by atoms with Crippen LogP contribution in [-0.4, -0.2) is 5.97 Å². The molecule has 0 heterocycles. The van der Waals surface area contributed by atoms with Crippen LogP contribution >= 0.6 is 11.6 Å². The van der Waals surface area contributed by atoms with Gasteiger partial charge in [-0.1, -0.05) is 37.8 Å². The second kappa shape index (κ2) is 7.84. The van der Waals surface area contributed by atoms with Gasteiger partial charge in [-0.3, -0.25) is 4.79 Å². The molecule has 1 saturated carbocycles. The van der Waals surface area contributed by atoms with E-state index in [4.69, 9.17) is 16.3 Å². The van der Waals surface area contributed by atoms with Gasteiger partial charge in [-0.15, -0.1) is 0 Å². The van der Waals surface area contributed by atoms with Crippen molar-refractivity contribution in [3.8, 4) is 5.75 Å². The van der Waals surface area contributed by atoms with E-state index in [1.807, 2.05) is 13.0 Å². The Hall–Kier alpha value is -1.02. The van der Waals surface area contributed by atoms with Crippen LogP contribution in [0.2, 0.25) is 5.02 Å². The minimum Gasteiger partial charge on any atom is -0.426 e. The summed E-state index contributed by atoms with van der Waals surface area (Å²) in [6.45, 7) is 4.15. The number of benzene rings is 1. The van der Waals surface area contributed by atoms with Gasteiger partial charge < -0.3 is 4.74 Å². The van der Waals surface area contributed by atoms with Gasteiger partial charge in [0.1, 0.15) is 5.75 Å². The van der Waals surface area contributed by atoms with E-state index in [0.29, 0.717) is 10.8 Å². The summed E-state index contributed by atoms with van der Waals surface area (Å²) in [4.78, 5) is 12.3. The lowest BCUT2D eigenvalue weighted by Crippen LogP contribution is -2.25. The van der Waals surface area contributed by atoms with Crippen molar-refractivity contribution in [1.82, 2.24) is 0 Å². The van der Waals surface area contributed by atoms with Crippen LogP contribution in [0.3, 0.4) is 0 Å². The van der Waals surface area contributed by atoms with E-state index >= 15 is 0 Å². The maximum absolute atomic E-state index is 12.3. The quantitative estimate of drug-likeness (QED) is 0.526. The first-order chi connectivity index (χ1) is 10.1. The summed E-state index contributed by atoms with van der Waals surface area (Å²) >= 11 is 5.92. The minimum atomic E-state index is -0.0747. The first kappa shape index (κ1) is 16.4. The number of hydrogen-bond donors (Lipinski definition) is 0. The van der Waals surface area contributed by atoms with Gasteiger partial charge in [0, 0.05) is 5.02 Å². The molecule has 0 atom stereocenters. The Morgan fingerprint density at radius 1 is 1.29 bits per heavy atom. The molecule has 0 aliphatic heterocycles. The SMILES string of the molecule is CCCCC1CCC(C(=O)Oc2ccc(Cl)cc2C)CC1. The Balaban J connectivity index is 1.84. The van der Waals surface area contributed by atoms with E-state index in [1.54, 1.807) is 12.1 Å². The summed E-state index contributed by atoms with van der Waals surface area (Å²) < 4.78 is 5.56. The van der Waals surface area contributed by atoms with Gasteiger partial charge in [-0.05, 0) is 62.3 Å². The molecule has 1 fully saturated rings. The molecule has 1 aliphatic carbocycles. The van der Waals surface area contributed by atoms with Crippen molar-refractivity contribution in [2.75, 3.05) is 0 Å². The van der Waals surface area contributed by atoms with Crippen LogP contribution in [0.1, 0.15) is 57.4 Å². The topological polar surface area (TPSA) is 26.3 Å². The number of esters is 1. The van der Waals surface area contributed by atoms with Crippen LogP contribution in [0.15, 0.2) is 18.2 Å². The van der Waals surface area contributed by atoms with Crippen molar-refractivity contribution < 1.29 is 9.53 Å². The van der Waals surface area contributed by atoms with E-state index in [0.717, 1.165) is 24.3 Å². The fourth-order valence-electron chi connectivity index (χ4n) is 3.10. The molecule has 0 N–H and O–H groups in total. The fourth-order valence-corrected chi connectivity index (χ4v) is 3.33. The van der Waals surface area contributed by atoms with Crippen LogP contribution in [0, 0.1) is 18.8 Å². The van der Waals surface area contributed by atoms with E-state index in [2.05, 4.69) is 6.92 Å². The number of carbonyl (C=O) groups excluding carboxylic acids is 1. The lowest BCUT2D eigenvalue weighted by molar-refractivity contribution is -0.140. The molecule has 0 saturated heterocycles. The largest absolute Gasteiger partial charge is 0.426 e. The van der Waals surface area contributed by atoms with Gasteiger partial charge in [-0.2, -0.15) is 0 Å². The highest BCUT2D eigenvalue weighted by atomic mass is 35.5. The van der Waals surface area contributed by atoms with Crippen LogP contribution in [0.5, 0.6) is 5.75 Å². The third kappa shape index (κ3) is 4.74. The minimum absolute atomic E-state index is 0.0676. The number of aryl methyl sites for hydroxylation is 1. The zero-order valence-corrected chi connectivity index (χ0v) is 13.8. The van der Waals surface area contributed by atoms with Crippen molar-refractivity contribution in [2.24, 2.45) is 11.8 Å². The van der Waals surface area contributed by atoms with Gasteiger partial charge >= 0.3 is 5.97 Å². The number of carbonyl (C=O) groups is 1. The van der Waals surface area contributed by atoms with E-state index in [-0.39, 0.29) is 11.9 Å². The molecule has 1 aliphatic rings. The molecule has 0 spiro atoms. The fraction of sp³-hybridized carbons (Fsp3) is 0.611. The van der Waals surface area contributed by atoms with Gasteiger partial charge in [0.25, 0.3) is 0 Å². The van der Waals surface area contributed by atoms with Crippen molar-refractivity contribution >= 4 is 17.6 Å². The Kier molecular flexibility index (Phi) is 6.10. The molecule has 0 aromatic heterocycles. The van der Waals surface area contributed by atoms with E-state index < -0.39 is 0 Å². The van der Waals surface area contributed by atoms with Crippen LogP contribution in [0.25, 0.3) is 0 Å². The summed E-state index contributed by atoms with van der Waals surface area (Å²) in [5.74, 6) is 1.44. The standard InChI is InChI=1S/C18H25ClO2/c1-3-4-5-14-6-8-15(9-7-14)18(20)21-17-11-10-16(19)12-13(17)2/h10-12,14-15H,3-9H2,1-2H3. The van der Waals surface area contributed by atoms with Crippen LogP contribution in [-0.2, 0) is 4.79 Å². The second-order valence-electron chi connectivity index (χ2n) is 6.19. The zero-order chi connectivity index (χ0) is 15.2. The number of halogens is 1. The number of rotatable bonds is 5. The van der Waals surface area contributed by atoms with Gasteiger partial charge in [0.15, 0.2) is 0 Å². The molecule has 21 heavy (non-hydrogen) atoms. The molecular weight excluding hydrogens is 284 g/mol. The van der Waals surface area contributed by atoms with E-state index in [9.17, 15) is 4.79 Å². The average Bonchev–Trinajstić information content (AvgIpc) is 2.48. The number of unbranched alkanes of at least 4 members (excludes halogenated alkanes) is 1. The normalized spacial score (nSPS) is 22.0. The highest BCUT2D eigenvalue weighted by Crippen LogP contribution is 2.33. The van der Waals surface area contributed by atoms with Crippen LogP contribution in [0.4, 0.5) is 0 Å². The zero-order valence-electron chi connectivity index (χ0n) is 13.0. The molecule has 0 bridgehead atoms. The summed E-state index contributed by atoms with van der Waals surface area (Å²) in [7, 11) is 0. The molecular formula is C18H25ClO2. The predicted molar refractivity (Wildman–Crippen MR) is 86.8 cm³/mol. The van der Waals surface area contributed by atoms with Crippen molar-refractivity contribution in [2.45, 2.75) is 58.8 Å². The van der Waals surface area contributed by atoms with Crippen molar-refractivity contribution in [3.63, 3.8) is 0 Å². The smallest absolute Gasteiger partial charge is 0.314 e. The highest BCUT2D eigenvalue weighted by molar-refractivity contribution is 6.30. The average molecular weight is 309 g/mol. The summed E-state index contributed by atoms with van der Waals surface area (Å²) in [6, 6.07) is 5.37. The number of hydrogen-bond acceptors (Lipinski definition) is 2. The molecule has 0 radical (unpaired) electrons. The van der Waals surface area contributed by atoms with Crippen LogP contribution < -0.4 is 4.74 Å². The molecule has 2 nitrogen and oxygen atoms in total. The molecule has 1 aromatic rings.